The number of ether oxygens (including phenoxy) is 1. The Morgan fingerprint density at radius 3 is 2.68 bits per heavy atom. The molecule has 1 aromatic carbocycles. The Morgan fingerprint density at radius 1 is 1.32 bits per heavy atom. The van der Waals surface area contributed by atoms with Gasteiger partial charge in [0.25, 0.3) is 5.91 Å². The Morgan fingerprint density at radius 2 is 2.04 bits per heavy atom. The molecule has 134 valence electrons. The van der Waals surface area contributed by atoms with Crippen molar-refractivity contribution >= 4 is 17.7 Å². The molecule has 0 aromatic heterocycles. The van der Waals surface area contributed by atoms with Gasteiger partial charge < -0.3 is 10.1 Å². The van der Waals surface area contributed by atoms with Crippen LogP contribution in [0.1, 0.15) is 49.4 Å². The lowest BCUT2D eigenvalue weighted by molar-refractivity contribution is -0.132. The molecule has 0 unspecified atom stereocenters. The maximum Gasteiger partial charge on any atom is 0.325 e. The van der Waals surface area contributed by atoms with Crippen LogP contribution in [0.4, 0.5) is 4.79 Å². The van der Waals surface area contributed by atoms with Gasteiger partial charge in [-0.3, -0.25) is 14.5 Å². The number of rotatable bonds is 5. The van der Waals surface area contributed by atoms with Crippen molar-refractivity contribution in [2.24, 2.45) is 5.92 Å². The summed E-state index contributed by atoms with van der Waals surface area (Å²) in [5, 5.41) is 2.85. The van der Waals surface area contributed by atoms with Crippen LogP contribution in [0.3, 0.4) is 0 Å². The van der Waals surface area contributed by atoms with Crippen molar-refractivity contribution in [1.29, 1.82) is 0 Å². The number of hydrogen-bond acceptors (Lipinski definition) is 4. The molecular formula is C19H24N2O4. The number of nitrogens with zero attached hydrogens (tertiary/aromatic N) is 1. The van der Waals surface area contributed by atoms with E-state index in [0.717, 1.165) is 24.2 Å². The van der Waals surface area contributed by atoms with Gasteiger partial charge in [0, 0.05) is 5.56 Å². The van der Waals surface area contributed by atoms with Gasteiger partial charge in [-0.2, -0.15) is 0 Å². The number of hydrogen-bond donors (Lipinski definition) is 1. The van der Waals surface area contributed by atoms with Crippen LogP contribution in [0, 0.1) is 5.92 Å². The molecule has 0 bridgehead atoms. The fourth-order valence-corrected chi connectivity index (χ4v) is 3.77. The minimum atomic E-state index is -0.808. The highest BCUT2D eigenvalue weighted by Crippen LogP contribution is 2.37. The number of Topliss-reactive ketones (excluding diaryl/α,β-unsaturated/α-hetero) is 1. The lowest BCUT2D eigenvalue weighted by Crippen LogP contribution is -2.49. The van der Waals surface area contributed by atoms with Crippen molar-refractivity contribution in [3.05, 3.63) is 29.8 Å². The molecular weight excluding hydrogens is 320 g/mol. The predicted molar refractivity (Wildman–Crippen MR) is 92.5 cm³/mol. The van der Waals surface area contributed by atoms with E-state index in [4.69, 9.17) is 4.74 Å². The third-order valence-electron chi connectivity index (χ3n) is 5.48. The fourth-order valence-electron chi connectivity index (χ4n) is 3.77. The van der Waals surface area contributed by atoms with E-state index in [1.54, 1.807) is 24.3 Å². The molecule has 3 amide bonds. The largest absolute Gasteiger partial charge is 0.497 e. The molecule has 25 heavy (non-hydrogen) atoms. The third kappa shape index (κ3) is 3.25. The summed E-state index contributed by atoms with van der Waals surface area (Å²) >= 11 is 0. The second kappa shape index (κ2) is 6.86. The van der Waals surface area contributed by atoms with E-state index in [2.05, 4.69) is 12.2 Å². The Hall–Kier alpha value is -2.37. The average Bonchev–Trinajstić information content (AvgIpc) is 2.86. The molecule has 1 aliphatic heterocycles. The topological polar surface area (TPSA) is 75.7 Å². The highest BCUT2D eigenvalue weighted by Gasteiger charge is 2.52. The number of urea groups is 1. The Bertz CT molecular complexity index is 692. The maximum absolute atomic E-state index is 12.8. The molecule has 1 saturated heterocycles. The first-order valence-electron chi connectivity index (χ1n) is 8.80. The van der Waals surface area contributed by atoms with Crippen LogP contribution in [0.5, 0.6) is 5.75 Å². The van der Waals surface area contributed by atoms with Gasteiger partial charge in [-0.1, -0.05) is 25.5 Å². The van der Waals surface area contributed by atoms with Crippen molar-refractivity contribution in [3.8, 4) is 5.75 Å². The Labute approximate surface area is 147 Å². The van der Waals surface area contributed by atoms with Crippen LogP contribution in [-0.4, -0.2) is 41.8 Å². The molecule has 1 aromatic rings. The highest BCUT2D eigenvalue weighted by atomic mass is 16.5. The number of amides is 3. The van der Waals surface area contributed by atoms with Crippen molar-refractivity contribution in [2.75, 3.05) is 13.7 Å². The number of imide groups is 1. The van der Waals surface area contributed by atoms with E-state index in [-0.39, 0.29) is 18.2 Å². The van der Waals surface area contributed by atoms with Gasteiger partial charge in [0.2, 0.25) is 0 Å². The van der Waals surface area contributed by atoms with E-state index >= 15 is 0 Å². The van der Waals surface area contributed by atoms with Gasteiger partial charge in [-0.15, -0.1) is 0 Å². The van der Waals surface area contributed by atoms with Crippen molar-refractivity contribution < 1.29 is 19.1 Å². The monoisotopic (exact) mass is 344 g/mol. The molecule has 1 spiro atoms. The van der Waals surface area contributed by atoms with E-state index in [1.807, 2.05) is 0 Å². The summed E-state index contributed by atoms with van der Waals surface area (Å²) in [5.74, 6) is 0.644. The number of benzene rings is 1. The molecule has 3 rings (SSSR count). The average molecular weight is 344 g/mol. The van der Waals surface area contributed by atoms with Gasteiger partial charge in [-0.05, 0) is 43.7 Å². The fraction of sp³-hybridized carbons (Fsp3) is 0.526. The minimum Gasteiger partial charge on any atom is -0.497 e. The molecule has 2 fully saturated rings. The summed E-state index contributed by atoms with van der Waals surface area (Å²) in [4.78, 5) is 38.7. The molecule has 1 N–H and O–H groups in total. The molecule has 6 nitrogen and oxygen atoms in total. The quantitative estimate of drug-likeness (QED) is 0.658. The first-order chi connectivity index (χ1) is 12.0. The van der Waals surface area contributed by atoms with Crippen LogP contribution < -0.4 is 10.1 Å². The van der Waals surface area contributed by atoms with Gasteiger partial charge in [0.1, 0.15) is 11.3 Å². The zero-order chi connectivity index (χ0) is 18.0. The number of methoxy groups -OCH3 is 1. The third-order valence-corrected chi connectivity index (χ3v) is 5.48. The normalized spacial score (nSPS) is 26.0. The number of nitrogens with one attached hydrogen (secondary N) is 1. The summed E-state index contributed by atoms with van der Waals surface area (Å²) < 4.78 is 5.12. The van der Waals surface area contributed by atoms with E-state index < -0.39 is 11.6 Å². The second-order valence-electron chi connectivity index (χ2n) is 6.91. The summed E-state index contributed by atoms with van der Waals surface area (Å²) in [7, 11) is 1.53. The second-order valence-corrected chi connectivity index (χ2v) is 6.91. The summed E-state index contributed by atoms with van der Waals surface area (Å²) in [6.45, 7) is 1.91. The minimum absolute atomic E-state index is 0.239. The predicted octanol–water partition coefficient (Wildman–Crippen LogP) is 2.77. The van der Waals surface area contributed by atoms with Crippen molar-refractivity contribution in [1.82, 2.24) is 10.2 Å². The maximum atomic E-state index is 12.8. The van der Waals surface area contributed by atoms with Crippen LogP contribution in [0.15, 0.2) is 24.3 Å². The molecule has 1 saturated carbocycles. The molecule has 6 heteroatoms. The molecule has 0 radical (unpaired) electrons. The summed E-state index contributed by atoms with van der Waals surface area (Å²) in [6.07, 6.45) is 4.26. The van der Waals surface area contributed by atoms with E-state index in [9.17, 15) is 14.4 Å². The Balaban J connectivity index is 1.71. The summed E-state index contributed by atoms with van der Waals surface area (Å²) in [6, 6.07) is 6.27. The first kappa shape index (κ1) is 17.5. The summed E-state index contributed by atoms with van der Waals surface area (Å²) in [5.41, 5.74) is -0.382. The zero-order valence-corrected chi connectivity index (χ0v) is 14.7. The molecule has 0 atom stereocenters. The van der Waals surface area contributed by atoms with Crippen LogP contribution in [-0.2, 0) is 4.79 Å². The smallest absolute Gasteiger partial charge is 0.325 e. The molecule has 1 aliphatic carbocycles. The molecule has 1 heterocycles. The number of carbonyl (C=O) groups excluding carboxylic acids is 3. The first-order valence-corrected chi connectivity index (χ1v) is 8.80. The van der Waals surface area contributed by atoms with Gasteiger partial charge >= 0.3 is 6.03 Å². The lowest BCUT2D eigenvalue weighted by atomic mass is 9.75. The molecule has 2 aliphatic rings. The highest BCUT2D eigenvalue weighted by molar-refractivity contribution is 6.11. The number of ketones is 1. The van der Waals surface area contributed by atoms with Gasteiger partial charge in [0.15, 0.2) is 5.78 Å². The Kier molecular flexibility index (Phi) is 4.79. The zero-order valence-electron chi connectivity index (χ0n) is 14.7. The van der Waals surface area contributed by atoms with Crippen LogP contribution >= 0.6 is 0 Å². The lowest BCUT2D eigenvalue weighted by Gasteiger charge is -2.34. The van der Waals surface area contributed by atoms with Gasteiger partial charge in [0.05, 0.1) is 13.7 Å². The van der Waals surface area contributed by atoms with E-state index in [1.165, 1.54) is 7.11 Å². The SMILES string of the molecule is CCC1CCC2(CC1)NC(=O)N(CC(=O)c1cccc(OC)c1)C2=O. The van der Waals surface area contributed by atoms with E-state index in [0.29, 0.717) is 30.1 Å². The van der Waals surface area contributed by atoms with Crippen molar-refractivity contribution in [2.45, 2.75) is 44.6 Å². The number of carbonyl (C=O) groups is 3. The van der Waals surface area contributed by atoms with Crippen LogP contribution in [0.25, 0.3) is 0 Å². The van der Waals surface area contributed by atoms with Crippen molar-refractivity contribution in [3.63, 3.8) is 0 Å². The standard InChI is InChI=1S/C19H24N2O4/c1-3-13-7-9-19(10-8-13)17(23)21(18(24)20-19)12-16(22)14-5-4-6-15(11-14)25-2/h4-6,11,13H,3,7-10,12H2,1-2H3,(H,20,24). The van der Waals surface area contributed by atoms with Gasteiger partial charge in [-0.25, -0.2) is 4.79 Å². The van der Waals surface area contributed by atoms with Crippen LogP contribution in [0.2, 0.25) is 0 Å².